The summed E-state index contributed by atoms with van der Waals surface area (Å²) in [6, 6.07) is 0.457. The largest absolute Gasteiger partial charge is 0.463 e. The van der Waals surface area contributed by atoms with Crippen LogP contribution in [0.3, 0.4) is 0 Å². The van der Waals surface area contributed by atoms with Crippen LogP contribution in [-0.4, -0.2) is 49.3 Å². The van der Waals surface area contributed by atoms with E-state index in [-0.39, 0.29) is 5.97 Å². The summed E-state index contributed by atoms with van der Waals surface area (Å²) in [5.74, 6) is -0.267. The van der Waals surface area contributed by atoms with Crippen LogP contribution in [0.2, 0.25) is 0 Å². The fourth-order valence-electron chi connectivity index (χ4n) is 2.92. The summed E-state index contributed by atoms with van der Waals surface area (Å²) in [7, 11) is 0. The second-order valence-electron chi connectivity index (χ2n) is 5.06. The Kier molecular flexibility index (Phi) is 4.78. The van der Waals surface area contributed by atoms with Crippen molar-refractivity contribution in [2.45, 2.75) is 44.8 Å². The van der Waals surface area contributed by atoms with Crippen LogP contribution in [0.25, 0.3) is 0 Å². The second-order valence-corrected chi connectivity index (χ2v) is 5.06. The lowest BCUT2D eigenvalue weighted by Crippen LogP contribution is -2.53. The first-order valence-corrected chi connectivity index (χ1v) is 6.93. The van der Waals surface area contributed by atoms with E-state index in [1.165, 1.54) is 19.3 Å². The van der Waals surface area contributed by atoms with Gasteiger partial charge in [0.05, 0.1) is 19.3 Å². The smallest absolute Gasteiger partial charge is 0.334 e. The van der Waals surface area contributed by atoms with Crippen LogP contribution in [0.5, 0.6) is 0 Å². The number of ether oxygens (including phenoxy) is 2. The third-order valence-electron chi connectivity index (χ3n) is 3.81. The van der Waals surface area contributed by atoms with E-state index in [9.17, 15) is 4.79 Å². The van der Waals surface area contributed by atoms with Crippen molar-refractivity contribution in [1.29, 1.82) is 0 Å². The Morgan fingerprint density at radius 3 is 3.00 bits per heavy atom. The third-order valence-corrected chi connectivity index (χ3v) is 3.81. The molecule has 0 spiro atoms. The van der Waals surface area contributed by atoms with Crippen molar-refractivity contribution in [3.05, 3.63) is 12.2 Å². The molecule has 0 amide bonds. The molecule has 102 valence electrons. The maximum atomic E-state index is 11.6. The summed E-state index contributed by atoms with van der Waals surface area (Å²) >= 11 is 0. The number of fused-ring (bicyclic) bond motifs is 1. The van der Waals surface area contributed by atoms with E-state index in [0.717, 1.165) is 19.6 Å². The molecular weight excluding hydrogens is 230 g/mol. The summed E-state index contributed by atoms with van der Waals surface area (Å²) in [4.78, 5) is 13.9. The summed E-state index contributed by atoms with van der Waals surface area (Å²) < 4.78 is 10.8. The number of carbonyl (C=O) groups is 1. The van der Waals surface area contributed by atoms with Crippen molar-refractivity contribution in [3.8, 4) is 0 Å². The van der Waals surface area contributed by atoms with E-state index >= 15 is 0 Å². The van der Waals surface area contributed by atoms with Crippen molar-refractivity contribution in [2.75, 3.05) is 26.3 Å². The molecule has 2 fully saturated rings. The highest BCUT2D eigenvalue weighted by Crippen LogP contribution is 2.28. The number of hydrogen-bond acceptors (Lipinski definition) is 4. The number of hydrogen-bond donors (Lipinski definition) is 0. The standard InChI is InChI=1S/C14H23NO3/c1-3-17-14(16)11(2)10-15-8-9-18-13-7-5-4-6-12(13)15/h12-13H,2-10H2,1H3. The van der Waals surface area contributed by atoms with Gasteiger partial charge >= 0.3 is 5.97 Å². The molecule has 0 aromatic carbocycles. The Morgan fingerprint density at radius 1 is 1.44 bits per heavy atom. The monoisotopic (exact) mass is 253 g/mol. The van der Waals surface area contributed by atoms with E-state index < -0.39 is 0 Å². The molecule has 0 aromatic heterocycles. The van der Waals surface area contributed by atoms with Gasteiger partial charge in [0, 0.05) is 24.7 Å². The Morgan fingerprint density at radius 2 is 2.22 bits per heavy atom. The van der Waals surface area contributed by atoms with Crippen LogP contribution in [-0.2, 0) is 14.3 Å². The average molecular weight is 253 g/mol. The van der Waals surface area contributed by atoms with Gasteiger partial charge in [0.1, 0.15) is 0 Å². The van der Waals surface area contributed by atoms with Crippen LogP contribution in [0.4, 0.5) is 0 Å². The quantitative estimate of drug-likeness (QED) is 0.565. The lowest BCUT2D eigenvalue weighted by molar-refractivity contribution is -0.139. The van der Waals surface area contributed by atoms with Crippen molar-refractivity contribution < 1.29 is 14.3 Å². The molecule has 0 radical (unpaired) electrons. The van der Waals surface area contributed by atoms with E-state index in [4.69, 9.17) is 9.47 Å². The van der Waals surface area contributed by atoms with E-state index in [1.807, 2.05) is 6.92 Å². The number of nitrogens with zero attached hydrogens (tertiary/aromatic N) is 1. The van der Waals surface area contributed by atoms with Crippen LogP contribution in [0.15, 0.2) is 12.2 Å². The number of rotatable bonds is 4. The minimum Gasteiger partial charge on any atom is -0.463 e. The molecule has 2 aliphatic rings. The minimum atomic E-state index is -0.267. The summed E-state index contributed by atoms with van der Waals surface area (Å²) in [6.07, 6.45) is 5.18. The lowest BCUT2D eigenvalue weighted by atomic mass is 9.90. The first-order valence-electron chi connectivity index (χ1n) is 6.93. The highest BCUT2D eigenvalue weighted by Gasteiger charge is 2.34. The Balaban J connectivity index is 1.91. The van der Waals surface area contributed by atoms with Crippen LogP contribution >= 0.6 is 0 Å². The van der Waals surface area contributed by atoms with Gasteiger partial charge in [-0.3, -0.25) is 4.90 Å². The normalized spacial score (nSPS) is 28.5. The van der Waals surface area contributed by atoms with Gasteiger partial charge in [0.15, 0.2) is 0 Å². The maximum Gasteiger partial charge on any atom is 0.334 e. The van der Waals surface area contributed by atoms with E-state index in [0.29, 0.717) is 30.9 Å². The molecule has 4 nitrogen and oxygen atoms in total. The molecule has 2 unspecified atom stereocenters. The molecule has 4 heteroatoms. The van der Waals surface area contributed by atoms with Gasteiger partial charge in [-0.2, -0.15) is 0 Å². The molecule has 1 aliphatic carbocycles. The molecule has 2 atom stereocenters. The maximum absolute atomic E-state index is 11.6. The predicted molar refractivity (Wildman–Crippen MR) is 69.3 cm³/mol. The molecule has 0 N–H and O–H groups in total. The van der Waals surface area contributed by atoms with Gasteiger partial charge in [0.25, 0.3) is 0 Å². The van der Waals surface area contributed by atoms with E-state index in [1.54, 1.807) is 0 Å². The zero-order chi connectivity index (χ0) is 13.0. The number of esters is 1. The second kappa shape index (κ2) is 6.34. The molecule has 0 bridgehead atoms. The zero-order valence-electron chi connectivity index (χ0n) is 11.2. The van der Waals surface area contributed by atoms with Gasteiger partial charge in [-0.25, -0.2) is 4.79 Å². The van der Waals surface area contributed by atoms with Crippen LogP contribution in [0.1, 0.15) is 32.6 Å². The average Bonchev–Trinajstić information content (AvgIpc) is 2.39. The van der Waals surface area contributed by atoms with Gasteiger partial charge in [-0.1, -0.05) is 19.4 Å². The fraction of sp³-hybridized carbons (Fsp3) is 0.786. The van der Waals surface area contributed by atoms with Gasteiger partial charge in [-0.05, 0) is 19.8 Å². The minimum absolute atomic E-state index is 0.267. The molecule has 1 aliphatic heterocycles. The molecule has 2 rings (SSSR count). The van der Waals surface area contributed by atoms with Crippen LogP contribution in [0, 0.1) is 0 Å². The zero-order valence-corrected chi connectivity index (χ0v) is 11.2. The SMILES string of the molecule is C=C(CN1CCOC2CCCCC21)C(=O)OCC. The Hall–Kier alpha value is -0.870. The van der Waals surface area contributed by atoms with Gasteiger partial charge in [-0.15, -0.1) is 0 Å². The Bertz CT molecular complexity index is 314. The molecule has 1 saturated heterocycles. The van der Waals surface area contributed by atoms with Crippen molar-refractivity contribution in [1.82, 2.24) is 4.90 Å². The van der Waals surface area contributed by atoms with Crippen molar-refractivity contribution in [3.63, 3.8) is 0 Å². The van der Waals surface area contributed by atoms with E-state index in [2.05, 4.69) is 11.5 Å². The van der Waals surface area contributed by atoms with Crippen molar-refractivity contribution >= 4 is 5.97 Å². The summed E-state index contributed by atoms with van der Waals surface area (Å²) in [5.41, 5.74) is 0.558. The Labute approximate surface area is 109 Å². The first kappa shape index (κ1) is 13.6. The molecule has 1 heterocycles. The number of morpholine rings is 1. The molecule has 18 heavy (non-hydrogen) atoms. The fourth-order valence-corrected chi connectivity index (χ4v) is 2.92. The van der Waals surface area contributed by atoms with Crippen LogP contribution < -0.4 is 0 Å². The predicted octanol–water partition coefficient (Wildman–Crippen LogP) is 1.75. The third kappa shape index (κ3) is 3.12. The molecular formula is C14H23NO3. The van der Waals surface area contributed by atoms with Crippen molar-refractivity contribution in [2.24, 2.45) is 0 Å². The van der Waals surface area contributed by atoms with Gasteiger partial charge in [0.2, 0.25) is 0 Å². The summed E-state index contributed by atoms with van der Waals surface area (Å²) in [5, 5.41) is 0. The number of carbonyl (C=O) groups excluding carboxylic acids is 1. The molecule has 0 aromatic rings. The first-order chi connectivity index (χ1) is 8.72. The lowest BCUT2D eigenvalue weighted by Gasteiger charge is -2.43. The summed E-state index contributed by atoms with van der Waals surface area (Å²) in [6.45, 7) is 8.34. The highest BCUT2D eigenvalue weighted by molar-refractivity contribution is 5.88. The van der Waals surface area contributed by atoms with Gasteiger partial charge < -0.3 is 9.47 Å². The topological polar surface area (TPSA) is 38.8 Å². The highest BCUT2D eigenvalue weighted by atomic mass is 16.5. The molecule has 1 saturated carbocycles.